The van der Waals surface area contributed by atoms with Gasteiger partial charge in [-0.15, -0.1) is 0 Å². The number of hydrogen-bond donors (Lipinski definition) is 1. The Bertz CT molecular complexity index is 962. The molecule has 0 spiro atoms. The third-order valence-electron chi connectivity index (χ3n) is 4.75. The van der Waals surface area contributed by atoms with Crippen molar-refractivity contribution < 1.29 is 14.1 Å². The van der Waals surface area contributed by atoms with Gasteiger partial charge >= 0.3 is 0 Å². The summed E-state index contributed by atoms with van der Waals surface area (Å²) in [6.07, 6.45) is 1.48. The minimum absolute atomic E-state index is 0.0920. The van der Waals surface area contributed by atoms with Crippen molar-refractivity contribution in [2.45, 2.75) is 25.2 Å². The number of nitrogens with zero attached hydrogens (tertiary/aromatic N) is 1. The highest BCUT2D eigenvalue weighted by atomic mass is 35.5. The fraction of sp³-hybridized carbons (Fsp3) is 0.238. The highest BCUT2D eigenvalue weighted by molar-refractivity contribution is 6.30. The van der Waals surface area contributed by atoms with Gasteiger partial charge in [0.25, 0.3) is 0 Å². The van der Waals surface area contributed by atoms with Crippen molar-refractivity contribution in [1.82, 2.24) is 5.16 Å². The summed E-state index contributed by atoms with van der Waals surface area (Å²) in [6, 6.07) is 16.6. The molecule has 0 bridgehead atoms. The number of ether oxygens (including phenoxy) is 1. The van der Waals surface area contributed by atoms with Crippen LogP contribution in [0.25, 0.3) is 11.3 Å². The van der Waals surface area contributed by atoms with Gasteiger partial charge in [0.2, 0.25) is 5.91 Å². The largest absolute Gasteiger partial charge is 0.492 e. The number of benzene rings is 2. The Morgan fingerprint density at radius 3 is 2.67 bits per heavy atom. The zero-order valence-corrected chi connectivity index (χ0v) is 15.6. The number of rotatable bonds is 6. The molecule has 1 amide bonds. The summed E-state index contributed by atoms with van der Waals surface area (Å²) in [5, 5.41) is 7.82. The molecule has 27 heavy (non-hydrogen) atoms. The lowest BCUT2D eigenvalue weighted by Crippen LogP contribution is -2.28. The number of anilines is 1. The van der Waals surface area contributed by atoms with Gasteiger partial charge in [-0.25, -0.2) is 0 Å². The van der Waals surface area contributed by atoms with E-state index < -0.39 is 5.41 Å². The fourth-order valence-electron chi connectivity index (χ4n) is 3.07. The second kappa shape index (κ2) is 7.08. The molecule has 2 aromatic carbocycles. The van der Waals surface area contributed by atoms with E-state index in [1.807, 2.05) is 49.4 Å². The first-order valence-electron chi connectivity index (χ1n) is 8.89. The zero-order valence-electron chi connectivity index (χ0n) is 14.9. The molecule has 1 aliphatic carbocycles. The van der Waals surface area contributed by atoms with Crippen molar-refractivity contribution in [3.8, 4) is 17.1 Å². The van der Waals surface area contributed by atoms with Crippen LogP contribution in [0.3, 0.4) is 0 Å². The highest BCUT2D eigenvalue weighted by Crippen LogP contribution is 2.49. The Morgan fingerprint density at radius 2 is 1.96 bits per heavy atom. The standard InChI is InChI=1S/C21H19ClN2O3/c1-2-26-17-6-4-3-5-16(17)23-20(25)21(11-12-21)19-13-18(27-24-19)14-7-9-15(22)10-8-14/h3-10,13H,2,11-12H2,1H3,(H,23,25). The van der Waals surface area contributed by atoms with E-state index in [9.17, 15) is 4.79 Å². The summed E-state index contributed by atoms with van der Waals surface area (Å²) in [4.78, 5) is 13.0. The average molecular weight is 383 g/mol. The van der Waals surface area contributed by atoms with Crippen LogP contribution >= 0.6 is 11.6 Å². The minimum Gasteiger partial charge on any atom is -0.492 e. The fourth-order valence-corrected chi connectivity index (χ4v) is 3.19. The first-order chi connectivity index (χ1) is 13.1. The van der Waals surface area contributed by atoms with E-state index in [1.165, 1.54) is 0 Å². The van der Waals surface area contributed by atoms with Crippen molar-refractivity contribution in [1.29, 1.82) is 0 Å². The normalized spacial score (nSPS) is 14.6. The average Bonchev–Trinajstić information content (AvgIpc) is 3.35. The van der Waals surface area contributed by atoms with Gasteiger partial charge in [0.05, 0.1) is 23.4 Å². The molecule has 4 rings (SSSR count). The summed E-state index contributed by atoms with van der Waals surface area (Å²) in [5.41, 5.74) is 1.54. The summed E-state index contributed by atoms with van der Waals surface area (Å²) >= 11 is 5.93. The van der Waals surface area contributed by atoms with Crippen LogP contribution in [-0.4, -0.2) is 17.7 Å². The predicted octanol–water partition coefficient (Wildman–Crippen LogP) is 5.06. The molecule has 1 aliphatic rings. The zero-order chi connectivity index (χ0) is 18.9. The first-order valence-corrected chi connectivity index (χ1v) is 9.26. The molecule has 0 atom stereocenters. The van der Waals surface area contributed by atoms with Crippen LogP contribution < -0.4 is 10.1 Å². The molecule has 0 unspecified atom stereocenters. The SMILES string of the molecule is CCOc1ccccc1NC(=O)C1(c2cc(-c3ccc(Cl)cc3)on2)CC1. The van der Waals surface area contributed by atoms with E-state index in [0.717, 1.165) is 18.4 Å². The van der Waals surface area contributed by atoms with Crippen LogP contribution in [0.5, 0.6) is 5.75 Å². The van der Waals surface area contributed by atoms with Crippen LogP contribution in [0.2, 0.25) is 5.02 Å². The Labute approximate surface area is 162 Å². The lowest BCUT2D eigenvalue weighted by molar-refractivity contribution is -0.118. The molecular weight excluding hydrogens is 364 g/mol. The van der Waals surface area contributed by atoms with Crippen molar-refractivity contribution in [2.75, 3.05) is 11.9 Å². The van der Waals surface area contributed by atoms with Crippen molar-refractivity contribution in [3.63, 3.8) is 0 Å². The lowest BCUT2D eigenvalue weighted by atomic mass is 10.00. The molecule has 0 radical (unpaired) electrons. The molecule has 5 nitrogen and oxygen atoms in total. The van der Waals surface area contributed by atoms with Crippen LogP contribution in [0.4, 0.5) is 5.69 Å². The molecule has 1 saturated carbocycles. The molecule has 0 aliphatic heterocycles. The molecule has 1 aromatic heterocycles. The number of carbonyl (C=O) groups excluding carboxylic acids is 1. The number of hydrogen-bond acceptors (Lipinski definition) is 4. The maximum Gasteiger partial charge on any atom is 0.236 e. The van der Waals surface area contributed by atoms with E-state index in [-0.39, 0.29) is 5.91 Å². The van der Waals surface area contributed by atoms with Crippen LogP contribution in [-0.2, 0) is 10.2 Å². The molecule has 1 heterocycles. The van der Waals surface area contributed by atoms with Gasteiger partial charge in [-0.2, -0.15) is 0 Å². The number of carbonyl (C=O) groups is 1. The summed E-state index contributed by atoms with van der Waals surface area (Å²) < 4.78 is 11.1. The first kappa shape index (κ1) is 17.6. The molecule has 1 N–H and O–H groups in total. The molecule has 3 aromatic rings. The summed E-state index contributed by atoms with van der Waals surface area (Å²) in [5.74, 6) is 1.19. The molecule has 138 valence electrons. The maximum absolute atomic E-state index is 13.0. The quantitative estimate of drug-likeness (QED) is 0.646. The Balaban J connectivity index is 1.56. The van der Waals surface area contributed by atoms with Crippen molar-refractivity contribution >= 4 is 23.2 Å². The maximum atomic E-state index is 13.0. The Morgan fingerprint density at radius 1 is 1.22 bits per heavy atom. The van der Waals surface area contributed by atoms with Crippen molar-refractivity contribution in [3.05, 3.63) is 65.3 Å². The topological polar surface area (TPSA) is 64.4 Å². The molecule has 1 fully saturated rings. The van der Waals surface area contributed by atoms with E-state index in [4.69, 9.17) is 20.9 Å². The van der Waals surface area contributed by atoms with E-state index >= 15 is 0 Å². The third-order valence-corrected chi connectivity index (χ3v) is 5.00. The summed E-state index contributed by atoms with van der Waals surface area (Å²) in [7, 11) is 0. The number of amides is 1. The molecule has 0 saturated heterocycles. The van der Waals surface area contributed by atoms with Crippen LogP contribution in [0, 0.1) is 0 Å². The van der Waals surface area contributed by atoms with Gasteiger partial charge < -0.3 is 14.6 Å². The second-order valence-corrected chi connectivity index (χ2v) is 6.99. The molecular formula is C21H19ClN2O3. The Hall–Kier alpha value is -2.79. The molecule has 6 heteroatoms. The Kier molecular flexibility index (Phi) is 4.62. The van der Waals surface area contributed by atoms with Gasteiger partial charge in [0.15, 0.2) is 5.76 Å². The smallest absolute Gasteiger partial charge is 0.236 e. The van der Waals surface area contributed by atoms with Crippen LogP contribution in [0.1, 0.15) is 25.5 Å². The number of aromatic nitrogens is 1. The van der Waals surface area contributed by atoms with Gasteiger partial charge in [-0.1, -0.05) is 28.9 Å². The van der Waals surface area contributed by atoms with Gasteiger partial charge in [0, 0.05) is 16.7 Å². The minimum atomic E-state index is -0.645. The van der Waals surface area contributed by atoms with Gasteiger partial charge in [0.1, 0.15) is 5.75 Å². The second-order valence-electron chi connectivity index (χ2n) is 6.55. The van der Waals surface area contributed by atoms with E-state index in [0.29, 0.717) is 34.5 Å². The number of para-hydroxylation sites is 2. The number of nitrogens with one attached hydrogen (secondary N) is 1. The third kappa shape index (κ3) is 3.43. The number of halogens is 1. The van der Waals surface area contributed by atoms with E-state index in [2.05, 4.69) is 10.5 Å². The van der Waals surface area contributed by atoms with E-state index in [1.54, 1.807) is 12.1 Å². The highest BCUT2D eigenvalue weighted by Gasteiger charge is 2.54. The summed E-state index contributed by atoms with van der Waals surface area (Å²) in [6.45, 7) is 2.44. The lowest BCUT2D eigenvalue weighted by Gasteiger charge is -2.15. The van der Waals surface area contributed by atoms with Gasteiger partial charge in [-0.3, -0.25) is 4.79 Å². The van der Waals surface area contributed by atoms with Gasteiger partial charge in [-0.05, 0) is 56.2 Å². The monoisotopic (exact) mass is 382 g/mol. The van der Waals surface area contributed by atoms with Crippen molar-refractivity contribution in [2.24, 2.45) is 0 Å². The van der Waals surface area contributed by atoms with Crippen LogP contribution in [0.15, 0.2) is 59.1 Å². The predicted molar refractivity (Wildman–Crippen MR) is 104 cm³/mol.